The number of carbonyl (C=O) groups excluding carboxylic acids is 2. The van der Waals surface area contributed by atoms with E-state index in [-0.39, 0.29) is 12.5 Å². The van der Waals surface area contributed by atoms with E-state index in [9.17, 15) is 9.59 Å². The summed E-state index contributed by atoms with van der Waals surface area (Å²) < 4.78 is 4.61. The van der Waals surface area contributed by atoms with Gasteiger partial charge in [0.25, 0.3) is 5.91 Å². The van der Waals surface area contributed by atoms with E-state index in [1.165, 1.54) is 0 Å². The van der Waals surface area contributed by atoms with Crippen LogP contribution in [0.3, 0.4) is 0 Å². The van der Waals surface area contributed by atoms with Gasteiger partial charge in [0, 0.05) is 5.69 Å². The summed E-state index contributed by atoms with van der Waals surface area (Å²) in [5.41, 5.74) is 0.963. The van der Waals surface area contributed by atoms with Gasteiger partial charge in [-0.15, -0.1) is 0 Å². The number of hydrogen-bond donors (Lipinski definition) is 2. The molecular formula is C11H9N3O3. The highest BCUT2D eigenvalue weighted by Crippen LogP contribution is 2.10. The smallest absolute Gasteiger partial charge is 0.407 e. The van der Waals surface area contributed by atoms with Crippen molar-refractivity contribution in [2.75, 3.05) is 11.9 Å². The average Bonchev–Trinajstić information content (AvgIpc) is 2.76. The maximum atomic E-state index is 11.7. The highest BCUT2D eigenvalue weighted by molar-refractivity contribution is 5.97. The quantitative estimate of drug-likeness (QED) is 0.779. The Balaban J connectivity index is 2.03. The van der Waals surface area contributed by atoms with Gasteiger partial charge in [-0.05, 0) is 18.2 Å². The van der Waals surface area contributed by atoms with E-state index < -0.39 is 12.1 Å². The molecule has 1 aromatic carbocycles. The molecule has 17 heavy (non-hydrogen) atoms. The van der Waals surface area contributed by atoms with Crippen molar-refractivity contribution in [3.05, 3.63) is 29.8 Å². The summed E-state index contributed by atoms with van der Waals surface area (Å²) in [5, 5.41) is 13.7. The highest BCUT2D eigenvalue weighted by atomic mass is 16.6. The molecular weight excluding hydrogens is 222 g/mol. The molecule has 1 aliphatic heterocycles. The monoisotopic (exact) mass is 231 g/mol. The fourth-order valence-corrected chi connectivity index (χ4v) is 1.42. The molecule has 0 aliphatic carbocycles. The van der Waals surface area contributed by atoms with E-state index in [2.05, 4.69) is 15.4 Å². The summed E-state index contributed by atoms with van der Waals surface area (Å²) in [4.78, 5) is 22.4. The lowest BCUT2D eigenvalue weighted by Gasteiger charge is -2.08. The van der Waals surface area contributed by atoms with Crippen molar-refractivity contribution < 1.29 is 14.3 Å². The fourth-order valence-electron chi connectivity index (χ4n) is 1.42. The number of amides is 2. The average molecular weight is 231 g/mol. The molecule has 0 spiro atoms. The van der Waals surface area contributed by atoms with Gasteiger partial charge in [-0.25, -0.2) is 4.79 Å². The molecule has 1 fully saturated rings. The predicted molar refractivity (Wildman–Crippen MR) is 58.1 cm³/mol. The van der Waals surface area contributed by atoms with Crippen molar-refractivity contribution in [2.45, 2.75) is 6.04 Å². The van der Waals surface area contributed by atoms with Crippen LogP contribution in [-0.4, -0.2) is 24.6 Å². The molecule has 2 N–H and O–H groups in total. The van der Waals surface area contributed by atoms with Crippen LogP contribution in [0.1, 0.15) is 5.56 Å². The van der Waals surface area contributed by atoms with Gasteiger partial charge >= 0.3 is 6.09 Å². The molecule has 0 bridgehead atoms. The molecule has 6 nitrogen and oxygen atoms in total. The largest absolute Gasteiger partial charge is 0.447 e. The van der Waals surface area contributed by atoms with Crippen molar-refractivity contribution in [3.8, 4) is 6.07 Å². The third-order valence-corrected chi connectivity index (χ3v) is 2.25. The lowest BCUT2D eigenvalue weighted by atomic mass is 10.2. The maximum absolute atomic E-state index is 11.7. The van der Waals surface area contributed by atoms with E-state index >= 15 is 0 Å². The number of benzene rings is 1. The minimum atomic E-state index is -0.687. The number of nitriles is 1. The minimum Gasteiger partial charge on any atom is -0.447 e. The molecule has 6 heteroatoms. The molecule has 2 amide bonds. The SMILES string of the molecule is N#Cc1cccc(NC(=O)C2COC(=O)N2)c1. The number of alkyl carbamates (subject to hydrolysis) is 1. The van der Waals surface area contributed by atoms with Crippen LogP contribution in [-0.2, 0) is 9.53 Å². The van der Waals surface area contributed by atoms with Crippen LogP contribution in [0.15, 0.2) is 24.3 Å². The van der Waals surface area contributed by atoms with Crippen molar-refractivity contribution in [3.63, 3.8) is 0 Å². The number of nitrogens with one attached hydrogen (secondary N) is 2. The molecule has 0 radical (unpaired) electrons. The summed E-state index contributed by atoms with van der Waals surface area (Å²) in [6.07, 6.45) is -0.601. The molecule has 1 saturated heterocycles. The van der Waals surface area contributed by atoms with Gasteiger partial charge in [0.15, 0.2) is 0 Å². The van der Waals surface area contributed by atoms with Gasteiger partial charge in [0.1, 0.15) is 12.6 Å². The van der Waals surface area contributed by atoms with Crippen LogP contribution in [0.5, 0.6) is 0 Å². The normalized spacial score (nSPS) is 17.8. The first kappa shape index (κ1) is 11.0. The number of anilines is 1. The number of carbonyl (C=O) groups is 2. The number of hydrogen-bond acceptors (Lipinski definition) is 4. The Hall–Kier alpha value is -2.55. The zero-order valence-corrected chi connectivity index (χ0v) is 8.77. The Bertz CT molecular complexity index is 507. The second-order valence-electron chi connectivity index (χ2n) is 3.48. The lowest BCUT2D eigenvalue weighted by Crippen LogP contribution is -2.38. The van der Waals surface area contributed by atoms with Gasteiger partial charge < -0.3 is 15.4 Å². The van der Waals surface area contributed by atoms with Gasteiger partial charge in [0.2, 0.25) is 0 Å². The van der Waals surface area contributed by atoms with E-state index in [1.54, 1.807) is 24.3 Å². The molecule has 1 aliphatic rings. The molecule has 2 rings (SSSR count). The molecule has 1 atom stereocenters. The molecule has 1 aromatic rings. The molecule has 0 aromatic heterocycles. The zero-order valence-electron chi connectivity index (χ0n) is 8.77. The van der Waals surface area contributed by atoms with E-state index in [1.807, 2.05) is 6.07 Å². The van der Waals surface area contributed by atoms with Crippen LogP contribution < -0.4 is 10.6 Å². The van der Waals surface area contributed by atoms with Gasteiger partial charge in [-0.2, -0.15) is 5.26 Å². The first-order chi connectivity index (χ1) is 8.19. The Labute approximate surface area is 97.2 Å². The lowest BCUT2D eigenvalue weighted by molar-refractivity contribution is -0.117. The molecule has 86 valence electrons. The summed E-state index contributed by atoms with van der Waals surface area (Å²) >= 11 is 0. The zero-order chi connectivity index (χ0) is 12.3. The predicted octanol–water partition coefficient (Wildman–Crippen LogP) is 0.605. The van der Waals surface area contributed by atoms with Crippen LogP contribution in [0.4, 0.5) is 10.5 Å². The Morgan fingerprint density at radius 1 is 1.59 bits per heavy atom. The Morgan fingerprint density at radius 3 is 3.06 bits per heavy atom. The topological polar surface area (TPSA) is 91.2 Å². The summed E-state index contributed by atoms with van der Waals surface area (Å²) in [6, 6.07) is 7.80. The fraction of sp³-hybridized carbons (Fsp3) is 0.182. The number of ether oxygens (including phenoxy) is 1. The molecule has 1 heterocycles. The third-order valence-electron chi connectivity index (χ3n) is 2.25. The first-order valence-corrected chi connectivity index (χ1v) is 4.93. The molecule has 1 unspecified atom stereocenters. The van der Waals surface area contributed by atoms with Crippen molar-refractivity contribution in [2.24, 2.45) is 0 Å². The van der Waals surface area contributed by atoms with E-state index in [0.29, 0.717) is 11.3 Å². The summed E-state index contributed by atoms with van der Waals surface area (Å²) in [6.45, 7) is 0.0165. The summed E-state index contributed by atoms with van der Waals surface area (Å²) in [5.74, 6) is -0.370. The van der Waals surface area contributed by atoms with Crippen molar-refractivity contribution >= 4 is 17.7 Å². The van der Waals surface area contributed by atoms with Gasteiger partial charge in [-0.3, -0.25) is 4.79 Å². The maximum Gasteiger partial charge on any atom is 0.407 e. The van der Waals surface area contributed by atoms with E-state index in [4.69, 9.17) is 5.26 Å². The Morgan fingerprint density at radius 2 is 2.41 bits per heavy atom. The number of rotatable bonds is 2. The second-order valence-corrected chi connectivity index (χ2v) is 3.48. The van der Waals surface area contributed by atoms with Crippen LogP contribution in [0.2, 0.25) is 0 Å². The van der Waals surface area contributed by atoms with Crippen LogP contribution in [0.25, 0.3) is 0 Å². The standard InChI is InChI=1S/C11H9N3O3/c12-5-7-2-1-3-8(4-7)13-10(15)9-6-17-11(16)14-9/h1-4,9H,6H2,(H,13,15)(H,14,16). The number of cyclic esters (lactones) is 1. The third kappa shape index (κ3) is 2.52. The number of nitrogens with zero attached hydrogens (tertiary/aromatic N) is 1. The highest BCUT2D eigenvalue weighted by Gasteiger charge is 2.28. The second kappa shape index (κ2) is 4.53. The summed E-state index contributed by atoms with van der Waals surface area (Å²) in [7, 11) is 0. The minimum absolute atomic E-state index is 0.0165. The van der Waals surface area contributed by atoms with Crippen LogP contribution >= 0.6 is 0 Å². The van der Waals surface area contributed by atoms with Gasteiger partial charge in [-0.1, -0.05) is 6.07 Å². The molecule has 0 saturated carbocycles. The Kier molecular flexibility index (Phi) is 2.92. The van der Waals surface area contributed by atoms with E-state index in [0.717, 1.165) is 0 Å². The van der Waals surface area contributed by atoms with Crippen molar-refractivity contribution in [1.82, 2.24) is 5.32 Å². The van der Waals surface area contributed by atoms with Crippen LogP contribution in [0, 0.1) is 11.3 Å². The first-order valence-electron chi connectivity index (χ1n) is 4.93. The van der Waals surface area contributed by atoms with Crippen molar-refractivity contribution in [1.29, 1.82) is 5.26 Å². The van der Waals surface area contributed by atoms with Gasteiger partial charge in [0.05, 0.1) is 11.6 Å².